The van der Waals surface area contributed by atoms with Crippen LogP contribution in [0.3, 0.4) is 0 Å². The summed E-state index contributed by atoms with van der Waals surface area (Å²) in [4.78, 5) is 12.2. The molecule has 2 aliphatic rings. The van der Waals surface area contributed by atoms with Crippen molar-refractivity contribution in [2.75, 3.05) is 19.0 Å². The van der Waals surface area contributed by atoms with E-state index in [0.717, 1.165) is 53.9 Å². The van der Waals surface area contributed by atoms with Crippen molar-refractivity contribution < 1.29 is 14.3 Å². The molecule has 28 heavy (non-hydrogen) atoms. The number of aromatic nitrogens is 3. The van der Waals surface area contributed by atoms with E-state index in [-0.39, 0.29) is 5.91 Å². The van der Waals surface area contributed by atoms with Crippen molar-refractivity contribution in [2.24, 2.45) is 0 Å². The number of rotatable bonds is 6. The van der Waals surface area contributed by atoms with E-state index < -0.39 is 0 Å². The average molecular weight is 403 g/mol. The van der Waals surface area contributed by atoms with Gasteiger partial charge in [0.25, 0.3) is 0 Å². The molecule has 8 heteroatoms. The number of fused-ring (bicyclic) bond motifs is 1. The third kappa shape index (κ3) is 4.27. The number of hydrogen-bond acceptors (Lipinski definition) is 6. The van der Waals surface area contributed by atoms with Gasteiger partial charge in [-0.05, 0) is 38.0 Å². The largest absolute Gasteiger partial charge is 0.490 e. The zero-order valence-electron chi connectivity index (χ0n) is 16.1. The minimum absolute atomic E-state index is 0.0692. The van der Waals surface area contributed by atoms with Gasteiger partial charge >= 0.3 is 0 Å². The second-order valence-electron chi connectivity index (χ2n) is 7.10. The van der Waals surface area contributed by atoms with Gasteiger partial charge in [0.2, 0.25) is 5.91 Å². The minimum Gasteiger partial charge on any atom is -0.490 e. The molecule has 1 fully saturated rings. The molecule has 1 aliphatic heterocycles. The predicted molar refractivity (Wildman–Crippen MR) is 108 cm³/mol. The van der Waals surface area contributed by atoms with Crippen LogP contribution in [0.25, 0.3) is 11.4 Å². The van der Waals surface area contributed by atoms with Crippen molar-refractivity contribution in [1.82, 2.24) is 20.1 Å². The Morgan fingerprint density at radius 3 is 2.75 bits per heavy atom. The SMILES string of the molecule is CCn1c(SCC(=O)NC2CCCC2)nnc1-c1ccc2c(c1)OCCCO2. The molecule has 4 rings (SSSR count). The summed E-state index contributed by atoms with van der Waals surface area (Å²) in [7, 11) is 0. The molecular weight excluding hydrogens is 376 g/mol. The number of thioether (sulfide) groups is 1. The summed E-state index contributed by atoms with van der Waals surface area (Å²) in [6, 6.07) is 6.20. The lowest BCUT2D eigenvalue weighted by molar-refractivity contribution is -0.119. The summed E-state index contributed by atoms with van der Waals surface area (Å²) in [5, 5.41) is 12.6. The summed E-state index contributed by atoms with van der Waals surface area (Å²) in [5.74, 6) is 2.71. The van der Waals surface area contributed by atoms with Crippen molar-refractivity contribution >= 4 is 17.7 Å². The van der Waals surface area contributed by atoms with E-state index in [1.54, 1.807) is 0 Å². The first-order valence-electron chi connectivity index (χ1n) is 10.00. The lowest BCUT2D eigenvalue weighted by atomic mass is 10.2. The molecular formula is C20H26N4O3S. The Morgan fingerprint density at radius 2 is 1.96 bits per heavy atom. The van der Waals surface area contributed by atoms with Crippen molar-refractivity contribution in [3.8, 4) is 22.9 Å². The number of amides is 1. The molecule has 2 aromatic rings. The van der Waals surface area contributed by atoms with Crippen LogP contribution in [0, 0.1) is 0 Å². The fourth-order valence-corrected chi connectivity index (χ4v) is 4.48. The minimum atomic E-state index is 0.0692. The topological polar surface area (TPSA) is 78.3 Å². The van der Waals surface area contributed by atoms with Crippen molar-refractivity contribution in [2.45, 2.75) is 56.8 Å². The fraction of sp³-hybridized carbons (Fsp3) is 0.550. The van der Waals surface area contributed by atoms with Gasteiger partial charge in [0.15, 0.2) is 22.5 Å². The van der Waals surface area contributed by atoms with Crippen molar-refractivity contribution in [3.05, 3.63) is 18.2 Å². The second kappa shape index (κ2) is 8.86. The first kappa shape index (κ1) is 19.1. The average Bonchev–Trinajstić information content (AvgIpc) is 3.30. The number of benzene rings is 1. The maximum Gasteiger partial charge on any atom is 0.230 e. The van der Waals surface area contributed by atoms with E-state index >= 15 is 0 Å². The van der Waals surface area contributed by atoms with E-state index in [1.165, 1.54) is 24.6 Å². The molecule has 0 bridgehead atoms. The number of ether oxygens (including phenoxy) is 2. The molecule has 1 amide bonds. The molecule has 0 saturated heterocycles. The van der Waals surface area contributed by atoms with Crippen LogP contribution in [0.5, 0.6) is 11.5 Å². The van der Waals surface area contributed by atoms with Crippen molar-refractivity contribution in [3.63, 3.8) is 0 Å². The highest BCUT2D eigenvalue weighted by Gasteiger charge is 2.20. The molecule has 7 nitrogen and oxygen atoms in total. The zero-order valence-corrected chi connectivity index (χ0v) is 17.0. The van der Waals surface area contributed by atoms with Crippen molar-refractivity contribution in [1.29, 1.82) is 0 Å². The highest BCUT2D eigenvalue weighted by atomic mass is 32.2. The Bertz CT molecular complexity index is 833. The summed E-state index contributed by atoms with van der Waals surface area (Å²) in [6.07, 6.45) is 5.48. The number of nitrogens with one attached hydrogen (secondary N) is 1. The quantitative estimate of drug-likeness (QED) is 0.747. The summed E-state index contributed by atoms with van der Waals surface area (Å²) < 4.78 is 13.5. The summed E-state index contributed by atoms with van der Waals surface area (Å²) in [5.41, 5.74) is 0.931. The molecule has 1 aromatic carbocycles. The molecule has 1 aromatic heterocycles. The molecule has 1 aliphatic carbocycles. The molecule has 0 atom stereocenters. The predicted octanol–water partition coefficient (Wildman–Crippen LogP) is 3.28. The van der Waals surface area contributed by atoms with Gasteiger partial charge in [-0.25, -0.2) is 0 Å². The van der Waals surface area contributed by atoms with E-state index in [1.807, 2.05) is 22.8 Å². The molecule has 150 valence electrons. The Morgan fingerprint density at radius 1 is 1.18 bits per heavy atom. The maximum absolute atomic E-state index is 12.2. The van der Waals surface area contributed by atoms with Crippen LogP contribution in [0.4, 0.5) is 0 Å². The van der Waals surface area contributed by atoms with Gasteiger partial charge in [0.05, 0.1) is 19.0 Å². The highest BCUT2D eigenvalue weighted by molar-refractivity contribution is 7.99. The Labute approximate surface area is 169 Å². The Hall–Kier alpha value is -2.22. The number of nitrogens with zero attached hydrogens (tertiary/aromatic N) is 3. The monoisotopic (exact) mass is 402 g/mol. The molecule has 0 radical (unpaired) electrons. The molecule has 2 heterocycles. The first-order chi connectivity index (χ1) is 13.7. The molecule has 1 N–H and O–H groups in total. The number of hydrogen-bond donors (Lipinski definition) is 1. The van der Waals surface area contributed by atoms with E-state index in [2.05, 4.69) is 22.4 Å². The van der Waals surface area contributed by atoms with Gasteiger partial charge in [0, 0.05) is 24.6 Å². The van der Waals surface area contributed by atoms with Crippen LogP contribution in [0.15, 0.2) is 23.4 Å². The fourth-order valence-electron chi connectivity index (χ4n) is 3.67. The van der Waals surface area contributed by atoms with Crippen LogP contribution in [0.1, 0.15) is 39.0 Å². The maximum atomic E-state index is 12.2. The Balaban J connectivity index is 1.46. The highest BCUT2D eigenvalue weighted by Crippen LogP contribution is 2.34. The Kier molecular flexibility index (Phi) is 6.04. The summed E-state index contributed by atoms with van der Waals surface area (Å²) in [6.45, 7) is 4.09. The third-order valence-corrected chi connectivity index (χ3v) is 6.06. The standard InChI is InChI=1S/C20H26N4O3S/c1-2-24-19(14-8-9-16-17(12-14)27-11-5-10-26-16)22-23-20(24)28-13-18(25)21-15-6-3-4-7-15/h8-9,12,15H,2-7,10-11,13H2,1H3,(H,21,25). The van der Waals surface area contributed by atoms with Gasteiger partial charge in [-0.15, -0.1) is 10.2 Å². The normalized spacial score (nSPS) is 16.8. The second-order valence-corrected chi connectivity index (χ2v) is 8.04. The van der Waals surface area contributed by atoms with Crippen LogP contribution in [-0.2, 0) is 11.3 Å². The van der Waals surface area contributed by atoms with Crippen LogP contribution >= 0.6 is 11.8 Å². The van der Waals surface area contributed by atoms with Gasteiger partial charge < -0.3 is 19.4 Å². The number of carbonyl (C=O) groups is 1. The molecule has 1 saturated carbocycles. The van der Waals surface area contributed by atoms with E-state index in [4.69, 9.17) is 9.47 Å². The third-order valence-electron chi connectivity index (χ3n) is 5.09. The van der Waals surface area contributed by atoms with Gasteiger partial charge in [-0.3, -0.25) is 4.79 Å². The summed E-state index contributed by atoms with van der Waals surface area (Å²) >= 11 is 1.43. The van der Waals surface area contributed by atoms with Crippen LogP contribution in [-0.4, -0.2) is 45.7 Å². The lowest BCUT2D eigenvalue weighted by Crippen LogP contribution is -2.33. The number of carbonyl (C=O) groups excluding carboxylic acids is 1. The van der Waals surface area contributed by atoms with Crippen LogP contribution < -0.4 is 14.8 Å². The van der Waals surface area contributed by atoms with Gasteiger partial charge in [0.1, 0.15) is 0 Å². The van der Waals surface area contributed by atoms with Gasteiger partial charge in [-0.1, -0.05) is 24.6 Å². The smallest absolute Gasteiger partial charge is 0.230 e. The first-order valence-corrected chi connectivity index (χ1v) is 11.0. The molecule has 0 spiro atoms. The molecule has 0 unspecified atom stereocenters. The van der Waals surface area contributed by atoms with E-state index in [0.29, 0.717) is 25.0 Å². The van der Waals surface area contributed by atoms with Crippen LogP contribution in [0.2, 0.25) is 0 Å². The zero-order chi connectivity index (χ0) is 19.3. The van der Waals surface area contributed by atoms with E-state index in [9.17, 15) is 4.79 Å². The lowest BCUT2D eigenvalue weighted by Gasteiger charge is -2.12. The van der Waals surface area contributed by atoms with Gasteiger partial charge in [-0.2, -0.15) is 0 Å².